The van der Waals surface area contributed by atoms with Crippen molar-refractivity contribution in [3.8, 4) is 0 Å². The quantitative estimate of drug-likeness (QED) is 0.713. The van der Waals surface area contributed by atoms with Crippen LogP contribution in [0.3, 0.4) is 0 Å². The Balaban J connectivity index is 2.29. The van der Waals surface area contributed by atoms with Gasteiger partial charge in [0.05, 0.1) is 0 Å². The number of rotatable bonds is 3. The van der Waals surface area contributed by atoms with Crippen molar-refractivity contribution < 1.29 is 23.9 Å². The summed E-state index contributed by atoms with van der Waals surface area (Å²) < 4.78 is 9.76. The zero-order chi connectivity index (χ0) is 13.1. The van der Waals surface area contributed by atoms with Crippen LogP contribution in [0.25, 0.3) is 0 Å². The van der Waals surface area contributed by atoms with Crippen molar-refractivity contribution in [3.63, 3.8) is 0 Å². The zero-order valence-corrected chi connectivity index (χ0v) is 10.2. The summed E-state index contributed by atoms with van der Waals surface area (Å²) in [5.74, 6) is -1.36. The maximum absolute atomic E-state index is 11.5. The van der Waals surface area contributed by atoms with Gasteiger partial charge in [-0.05, 0) is 20.8 Å². The molecule has 0 aliphatic carbocycles. The summed E-state index contributed by atoms with van der Waals surface area (Å²) in [4.78, 5) is 33.6. The summed E-state index contributed by atoms with van der Waals surface area (Å²) in [6.45, 7) is 5.01. The Kier molecular flexibility index (Phi) is 4.09. The fraction of sp³-hybridized carbons (Fsp3) is 0.727. The lowest BCUT2D eigenvalue weighted by atomic mass is 10.2. The molecule has 0 aromatic heterocycles. The SMILES string of the molecule is CC(C)(C)OC(=O)CNC(=O)C1CCC(=O)O1. The molecule has 1 unspecified atom stereocenters. The van der Waals surface area contributed by atoms with E-state index in [2.05, 4.69) is 5.32 Å². The van der Waals surface area contributed by atoms with Gasteiger partial charge in [-0.3, -0.25) is 14.4 Å². The molecule has 1 N–H and O–H groups in total. The molecule has 0 radical (unpaired) electrons. The Morgan fingerprint density at radius 1 is 1.47 bits per heavy atom. The maximum Gasteiger partial charge on any atom is 0.325 e. The maximum atomic E-state index is 11.5. The van der Waals surface area contributed by atoms with Crippen LogP contribution in [-0.2, 0) is 23.9 Å². The van der Waals surface area contributed by atoms with E-state index in [-0.39, 0.29) is 18.9 Å². The molecular weight excluding hydrogens is 226 g/mol. The number of amides is 1. The average molecular weight is 243 g/mol. The van der Waals surface area contributed by atoms with Gasteiger partial charge < -0.3 is 14.8 Å². The van der Waals surface area contributed by atoms with Gasteiger partial charge in [0, 0.05) is 12.8 Å². The highest BCUT2D eigenvalue weighted by atomic mass is 16.6. The third kappa shape index (κ3) is 4.84. The van der Waals surface area contributed by atoms with Crippen molar-refractivity contribution in [1.29, 1.82) is 0 Å². The minimum Gasteiger partial charge on any atom is -0.459 e. The molecule has 6 heteroatoms. The third-order valence-corrected chi connectivity index (χ3v) is 2.00. The summed E-state index contributed by atoms with van der Waals surface area (Å²) >= 11 is 0. The first kappa shape index (κ1) is 13.5. The molecule has 0 aromatic rings. The molecule has 0 bridgehead atoms. The second-order valence-corrected chi connectivity index (χ2v) is 4.82. The zero-order valence-electron chi connectivity index (χ0n) is 10.2. The largest absolute Gasteiger partial charge is 0.459 e. The molecule has 1 aliphatic rings. The molecule has 0 spiro atoms. The summed E-state index contributed by atoms with van der Waals surface area (Å²) in [7, 11) is 0. The first-order valence-electron chi connectivity index (χ1n) is 5.47. The molecule has 1 amide bonds. The fourth-order valence-electron chi connectivity index (χ4n) is 1.36. The lowest BCUT2D eigenvalue weighted by Crippen LogP contribution is -2.39. The van der Waals surface area contributed by atoms with E-state index in [0.717, 1.165) is 0 Å². The van der Waals surface area contributed by atoms with Crippen LogP contribution in [0.15, 0.2) is 0 Å². The van der Waals surface area contributed by atoms with Gasteiger partial charge in [-0.15, -0.1) is 0 Å². The number of esters is 2. The number of hydrogen-bond donors (Lipinski definition) is 1. The molecule has 6 nitrogen and oxygen atoms in total. The van der Waals surface area contributed by atoms with E-state index in [4.69, 9.17) is 9.47 Å². The Hall–Kier alpha value is -1.59. The lowest BCUT2D eigenvalue weighted by molar-refractivity contribution is -0.155. The molecule has 1 heterocycles. The van der Waals surface area contributed by atoms with Crippen molar-refractivity contribution in [2.24, 2.45) is 0 Å². The normalized spacial score (nSPS) is 19.7. The lowest BCUT2D eigenvalue weighted by Gasteiger charge is -2.19. The van der Waals surface area contributed by atoms with E-state index in [1.165, 1.54) is 0 Å². The molecule has 0 aromatic carbocycles. The standard InChI is InChI=1S/C11H17NO5/c1-11(2,3)17-9(14)6-12-10(15)7-4-5-8(13)16-7/h7H,4-6H2,1-3H3,(H,12,15). The van der Waals surface area contributed by atoms with Gasteiger partial charge in [0.15, 0.2) is 6.10 Å². The van der Waals surface area contributed by atoms with Crippen LogP contribution in [0.4, 0.5) is 0 Å². The Morgan fingerprint density at radius 2 is 2.12 bits per heavy atom. The van der Waals surface area contributed by atoms with Gasteiger partial charge in [-0.25, -0.2) is 0 Å². The van der Waals surface area contributed by atoms with E-state index >= 15 is 0 Å². The number of hydrogen-bond acceptors (Lipinski definition) is 5. The van der Waals surface area contributed by atoms with Gasteiger partial charge >= 0.3 is 11.9 Å². The molecule has 0 saturated carbocycles. The highest BCUT2D eigenvalue weighted by Gasteiger charge is 2.30. The average Bonchev–Trinajstić information content (AvgIpc) is 2.58. The van der Waals surface area contributed by atoms with Crippen molar-refractivity contribution in [1.82, 2.24) is 5.32 Å². The predicted octanol–water partition coefficient (Wildman–Crippen LogP) is 0.150. The number of carbonyl (C=O) groups excluding carboxylic acids is 3. The van der Waals surface area contributed by atoms with E-state index in [0.29, 0.717) is 6.42 Å². The molecule has 96 valence electrons. The summed E-state index contributed by atoms with van der Waals surface area (Å²) in [6, 6.07) is 0. The van der Waals surface area contributed by atoms with E-state index in [1.54, 1.807) is 20.8 Å². The number of ether oxygens (including phenoxy) is 2. The molecule has 1 aliphatic heterocycles. The van der Waals surface area contributed by atoms with Crippen LogP contribution >= 0.6 is 0 Å². The van der Waals surface area contributed by atoms with Crippen molar-refractivity contribution in [3.05, 3.63) is 0 Å². The topological polar surface area (TPSA) is 81.7 Å². The van der Waals surface area contributed by atoms with E-state index in [9.17, 15) is 14.4 Å². The third-order valence-electron chi connectivity index (χ3n) is 2.00. The summed E-state index contributed by atoms with van der Waals surface area (Å²) in [5.41, 5.74) is -0.582. The number of nitrogens with one attached hydrogen (secondary N) is 1. The Morgan fingerprint density at radius 3 is 2.59 bits per heavy atom. The van der Waals surface area contributed by atoms with Gasteiger partial charge in [0.1, 0.15) is 12.1 Å². The second-order valence-electron chi connectivity index (χ2n) is 4.82. The van der Waals surface area contributed by atoms with Crippen LogP contribution in [0.2, 0.25) is 0 Å². The van der Waals surface area contributed by atoms with Crippen molar-refractivity contribution in [2.75, 3.05) is 6.54 Å². The van der Waals surface area contributed by atoms with Gasteiger partial charge in [0.2, 0.25) is 0 Å². The van der Waals surface area contributed by atoms with Crippen LogP contribution < -0.4 is 5.32 Å². The minimum atomic E-state index is -0.773. The summed E-state index contributed by atoms with van der Waals surface area (Å²) in [6.07, 6.45) is -0.173. The minimum absolute atomic E-state index is 0.218. The monoisotopic (exact) mass is 243 g/mol. The fourth-order valence-corrected chi connectivity index (χ4v) is 1.36. The predicted molar refractivity (Wildman–Crippen MR) is 58.0 cm³/mol. The smallest absolute Gasteiger partial charge is 0.325 e. The molecule has 1 fully saturated rings. The Bertz CT molecular complexity index is 331. The van der Waals surface area contributed by atoms with Gasteiger partial charge in [-0.1, -0.05) is 0 Å². The van der Waals surface area contributed by atoms with E-state index in [1.807, 2.05) is 0 Å². The number of cyclic esters (lactones) is 1. The first-order chi connectivity index (χ1) is 7.78. The van der Waals surface area contributed by atoms with Crippen molar-refractivity contribution in [2.45, 2.75) is 45.3 Å². The summed E-state index contributed by atoms with van der Waals surface area (Å²) in [5, 5.41) is 2.38. The second kappa shape index (κ2) is 5.16. The highest BCUT2D eigenvalue weighted by Crippen LogP contribution is 2.13. The molecule has 1 rings (SSSR count). The van der Waals surface area contributed by atoms with Gasteiger partial charge in [0.25, 0.3) is 5.91 Å². The van der Waals surface area contributed by atoms with Gasteiger partial charge in [-0.2, -0.15) is 0 Å². The molecule has 1 saturated heterocycles. The molecule has 17 heavy (non-hydrogen) atoms. The van der Waals surface area contributed by atoms with E-state index < -0.39 is 23.6 Å². The Labute approximate surface area is 99.6 Å². The molecule has 1 atom stereocenters. The van der Waals surface area contributed by atoms with Crippen molar-refractivity contribution >= 4 is 17.8 Å². The first-order valence-corrected chi connectivity index (χ1v) is 5.47. The molecular formula is C11H17NO5. The van der Waals surface area contributed by atoms with Crippen LogP contribution in [0.1, 0.15) is 33.6 Å². The number of carbonyl (C=O) groups is 3. The van der Waals surface area contributed by atoms with Crippen LogP contribution in [0.5, 0.6) is 0 Å². The van der Waals surface area contributed by atoms with Crippen LogP contribution in [0, 0.1) is 0 Å². The van der Waals surface area contributed by atoms with Crippen LogP contribution in [-0.4, -0.2) is 36.1 Å². The highest BCUT2D eigenvalue weighted by molar-refractivity contribution is 5.88.